The topological polar surface area (TPSA) is 80.0 Å². The van der Waals surface area contributed by atoms with Crippen molar-refractivity contribution < 1.29 is 14.3 Å². The summed E-state index contributed by atoms with van der Waals surface area (Å²) in [5.74, 6) is -1.29. The van der Waals surface area contributed by atoms with Gasteiger partial charge in [-0.25, -0.2) is 4.39 Å². The van der Waals surface area contributed by atoms with Crippen LogP contribution in [0.3, 0.4) is 0 Å². The van der Waals surface area contributed by atoms with Crippen LogP contribution >= 0.6 is 0 Å². The molecule has 1 unspecified atom stereocenters. The van der Waals surface area contributed by atoms with E-state index in [0.29, 0.717) is 25.4 Å². The fourth-order valence-corrected chi connectivity index (χ4v) is 2.66. The van der Waals surface area contributed by atoms with Crippen molar-refractivity contribution in [3.05, 3.63) is 47.0 Å². The summed E-state index contributed by atoms with van der Waals surface area (Å²) in [6.45, 7) is 7.57. The summed E-state index contributed by atoms with van der Waals surface area (Å²) in [6, 6.07) is 4.44. The van der Waals surface area contributed by atoms with Crippen molar-refractivity contribution in [1.82, 2.24) is 20.3 Å². The summed E-state index contributed by atoms with van der Waals surface area (Å²) in [5.41, 5.74) is 2.39. The number of aromatic nitrogens is 3. The SMILES string of the molecule is Cc1cc(F)ccc1CC(CNCc1cn(CC(C)C)nn1)C(=O)O. The zero-order valence-electron chi connectivity index (χ0n) is 14.9. The van der Waals surface area contributed by atoms with Gasteiger partial charge in [-0.1, -0.05) is 25.1 Å². The summed E-state index contributed by atoms with van der Waals surface area (Å²) in [7, 11) is 0. The van der Waals surface area contributed by atoms with E-state index in [0.717, 1.165) is 23.4 Å². The predicted molar refractivity (Wildman–Crippen MR) is 92.5 cm³/mol. The number of carboxylic acid groups (broad SMARTS) is 1. The van der Waals surface area contributed by atoms with E-state index in [1.54, 1.807) is 17.7 Å². The highest BCUT2D eigenvalue weighted by atomic mass is 19.1. The second-order valence-electron chi connectivity index (χ2n) is 6.77. The maximum Gasteiger partial charge on any atom is 0.308 e. The molecule has 0 radical (unpaired) electrons. The second-order valence-corrected chi connectivity index (χ2v) is 6.77. The molecule has 0 fully saturated rings. The average molecular weight is 348 g/mol. The van der Waals surface area contributed by atoms with Crippen molar-refractivity contribution in [2.24, 2.45) is 11.8 Å². The normalized spacial score (nSPS) is 12.5. The van der Waals surface area contributed by atoms with Gasteiger partial charge in [-0.15, -0.1) is 5.10 Å². The Balaban J connectivity index is 1.89. The van der Waals surface area contributed by atoms with Crippen molar-refractivity contribution in [3.8, 4) is 0 Å². The maximum absolute atomic E-state index is 13.2. The third-order valence-corrected chi connectivity index (χ3v) is 3.96. The fraction of sp³-hybridized carbons (Fsp3) is 0.500. The Morgan fingerprint density at radius 1 is 1.40 bits per heavy atom. The van der Waals surface area contributed by atoms with Gasteiger partial charge in [0.1, 0.15) is 5.82 Å². The first-order chi connectivity index (χ1) is 11.8. The number of halogens is 1. The molecule has 0 aliphatic heterocycles. The number of hydrogen-bond donors (Lipinski definition) is 2. The Morgan fingerprint density at radius 2 is 2.16 bits per heavy atom. The first-order valence-electron chi connectivity index (χ1n) is 8.42. The smallest absolute Gasteiger partial charge is 0.308 e. The van der Waals surface area contributed by atoms with E-state index in [1.807, 2.05) is 6.20 Å². The highest BCUT2D eigenvalue weighted by Gasteiger charge is 2.19. The molecule has 0 saturated heterocycles. The van der Waals surface area contributed by atoms with Crippen LogP contribution in [0.25, 0.3) is 0 Å². The molecule has 0 aliphatic carbocycles. The molecule has 0 aliphatic rings. The molecule has 0 amide bonds. The van der Waals surface area contributed by atoms with E-state index in [2.05, 4.69) is 29.5 Å². The van der Waals surface area contributed by atoms with Crippen LogP contribution in [0.15, 0.2) is 24.4 Å². The lowest BCUT2D eigenvalue weighted by molar-refractivity contribution is -0.141. The van der Waals surface area contributed by atoms with E-state index < -0.39 is 11.9 Å². The number of nitrogens with one attached hydrogen (secondary N) is 1. The molecule has 136 valence electrons. The van der Waals surface area contributed by atoms with Crippen molar-refractivity contribution in [2.75, 3.05) is 6.54 Å². The van der Waals surface area contributed by atoms with Crippen molar-refractivity contribution >= 4 is 5.97 Å². The monoisotopic (exact) mass is 348 g/mol. The number of carboxylic acids is 1. The molecule has 0 saturated carbocycles. The molecule has 6 nitrogen and oxygen atoms in total. The van der Waals surface area contributed by atoms with Gasteiger partial charge in [0.25, 0.3) is 0 Å². The Morgan fingerprint density at radius 3 is 2.80 bits per heavy atom. The van der Waals surface area contributed by atoms with Crippen LogP contribution in [-0.4, -0.2) is 32.6 Å². The first-order valence-corrected chi connectivity index (χ1v) is 8.42. The minimum Gasteiger partial charge on any atom is -0.481 e. The van der Waals surface area contributed by atoms with Crippen LogP contribution in [0.2, 0.25) is 0 Å². The minimum atomic E-state index is -0.875. The lowest BCUT2D eigenvalue weighted by atomic mass is 9.96. The highest BCUT2D eigenvalue weighted by Crippen LogP contribution is 2.15. The van der Waals surface area contributed by atoms with Gasteiger partial charge in [-0.05, 0) is 42.5 Å². The Labute approximate surface area is 147 Å². The quantitative estimate of drug-likeness (QED) is 0.727. The van der Waals surface area contributed by atoms with Gasteiger partial charge in [0, 0.05) is 25.8 Å². The summed E-state index contributed by atoms with van der Waals surface area (Å²) in [5, 5.41) is 20.7. The molecule has 0 bridgehead atoms. The number of aliphatic carboxylic acids is 1. The third kappa shape index (κ3) is 5.94. The first kappa shape index (κ1) is 19.1. The standard InChI is InChI=1S/C18H25FN4O2/c1-12(2)10-23-11-17(21-22-23)9-20-8-15(18(24)25)7-14-4-5-16(19)6-13(14)3/h4-6,11-12,15,20H,7-10H2,1-3H3,(H,24,25). The molecule has 1 heterocycles. The molecular weight excluding hydrogens is 323 g/mol. The van der Waals surface area contributed by atoms with Gasteiger partial charge in [0.05, 0.1) is 11.6 Å². The van der Waals surface area contributed by atoms with Gasteiger partial charge < -0.3 is 10.4 Å². The molecular formula is C18H25FN4O2. The Bertz CT molecular complexity index is 715. The van der Waals surface area contributed by atoms with Gasteiger partial charge in [-0.2, -0.15) is 0 Å². The Kier molecular flexibility index (Phi) is 6.64. The van der Waals surface area contributed by atoms with Crippen LogP contribution in [0.4, 0.5) is 4.39 Å². The van der Waals surface area contributed by atoms with E-state index in [4.69, 9.17) is 0 Å². The molecule has 2 aromatic rings. The highest BCUT2D eigenvalue weighted by molar-refractivity contribution is 5.70. The van der Waals surface area contributed by atoms with Gasteiger partial charge in [0.2, 0.25) is 0 Å². The molecule has 2 rings (SSSR count). The molecule has 2 N–H and O–H groups in total. The van der Waals surface area contributed by atoms with Crippen LogP contribution in [0.1, 0.15) is 30.7 Å². The number of benzene rings is 1. The molecule has 0 spiro atoms. The van der Waals surface area contributed by atoms with Crippen molar-refractivity contribution in [3.63, 3.8) is 0 Å². The lowest BCUT2D eigenvalue weighted by Crippen LogP contribution is -2.30. The van der Waals surface area contributed by atoms with Crippen LogP contribution in [0, 0.1) is 24.6 Å². The van der Waals surface area contributed by atoms with Crippen LogP contribution in [-0.2, 0) is 24.3 Å². The van der Waals surface area contributed by atoms with E-state index in [9.17, 15) is 14.3 Å². The number of nitrogens with zero attached hydrogens (tertiary/aromatic N) is 3. The molecule has 25 heavy (non-hydrogen) atoms. The van der Waals surface area contributed by atoms with E-state index in [-0.39, 0.29) is 5.82 Å². The van der Waals surface area contributed by atoms with Crippen molar-refractivity contribution in [2.45, 2.75) is 40.3 Å². The molecule has 1 aromatic carbocycles. The number of carbonyl (C=O) groups is 1. The van der Waals surface area contributed by atoms with Gasteiger partial charge in [-0.3, -0.25) is 9.48 Å². The van der Waals surface area contributed by atoms with E-state index >= 15 is 0 Å². The molecule has 7 heteroatoms. The number of rotatable bonds is 9. The lowest BCUT2D eigenvalue weighted by Gasteiger charge is -2.14. The average Bonchev–Trinajstić information content (AvgIpc) is 2.94. The largest absolute Gasteiger partial charge is 0.481 e. The van der Waals surface area contributed by atoms with Crippen molar-refractivity contribution in [1.29, 1.82) is 0 Å². The third-order valence-electron chi connectivity index (χ3n) is 3.96. The van der Waals surface area contributed by atoms with E-state index in [1.165, 1.54) is 12.1 Å². The Hall–Kier alpha value is -2.28. The zero-order valence-corrected chi connectivity index (χ0v) is 14.9. The summed E-state index contributed by atoms with van der Waals surface area (Å²) in [6.07, 6.45) is 2.22. The van der Waals surface area contributed by atoms with Gasteiger partial charge >= 0.3 is 5.97 Å². The van der Waals surface area contributed by atoms with Crippen LogP contribution in [0.5, 0.6) is 0 Å². The number of hydrogen-bond acceptors (Lipinski definition) is 4. The summed E-state index contributed by atoms with van der Waals surface area (Å²) >= 11 is 0. The second kappa shape index (κ2) is 8.71. The minimum absolute atomic E-state index is 0.309. The predicted octanol–water partition coefficient (Wildman–Crippen LogP) is 2.41. The number of aryl methyl sites for hydroxylation is 1. The molecule has 1 atom stereocenters. The summed E-state index contributed by atoms with van der Waals surface area (Å²) < 4.78 is 15.0. The summed E-state index contributed by atoms with van der Waals surface area (Å²) in [4.78, 5) is 11.5. The van der Waals surface area contributed by atoms with Crippen LogP contribution < -0.4 is 5.32 Å². The molecule has 1 aromatic heterocycles. The fourth-order valence-electron chi connectivity index (χ4n) is 2.66. The van der Waals surface area contributed by atoms with Gasteiger partial charge in [0.15, 0.2) is 0 Å². The zero-order chi connectivity index (χ0) is 18.4. The maximum atomic E-state index is 13.2.